The quantitative estimate of drug-likeness (QED) is 0.532. The van der Waals surface area contributed by atoms with Gasteiger partial charge in [-0.1, -0.05) is 60.7 Å². The van der Waals surface area contributed by atoms with Gasteiger partial charge in [0.15, 0.2) is 0 Å². The molecule has 0 radical (unpaired) electrons. The summed E-state index contributed by atoms with van der Waals surface area (Å²) in [5, 5.41) is 7.08. The first-order valence-corrected chi connectivity index (χ1v) is 9.17. The number of methoxy groups -OCH3 is 1. The Morgan fingerprint density at radius 1 is 0.963 bits per heavy atom. The SMILES string of the molecule is COC(=O)[C@H]1Cc2c([nH]c3ccccc23)[C@@H](c2cccc3ccccc23)N1. The molecule has 0 saturated heterocycles. The maximum Gasteiger partial charge on any atom is 0.323 e. The number of aromatic amines is 1. The molecule has 5 rings (SSSR count). The van der Waals surface area contributed by atoms with Gasteiger partial charge in [-0.05, 0) is 28.0 Å². The third-order valence-corrected chi connectivity index (χ3v) is 5.53. The Bertz CT molecular complexity index is 1160. The predicted octanol–water partition coefficient (Wildman–Crippen LogP) is 4.10. The normalized spacial score (nSPS) is 19.1. The van der Waals surface area contributed by atoms with E-state index in [1.807, 2.05) is 18.2 Å². The summed E-state index contributed by atoms with van der Waals surface area (Å²) >= 11 is 0. The molecule has 2 N–H and O–H groups in total. The molecule has 134 valence electrons. The van der Waals surface area contributed by atoms with Gasteiger partial charge in [0.2, 0.25) is 0 Å². The molecule has 2 heterocycles. The highest BCUT2D eigenvalue weighted by Crippen LogP contribution is 2.37. The number of hydrogen-bond acceptors (Lipinski definition) is 3. The number of carbonyl (C=O) groups is 1. The molecule has 0 bridgehead atoms. The fourth-order valence-corrected chi connectivity index (χ4v) is 4.28. The lowest BCUT2D eigenvalue weighted by molar-refractivity contribution is -0.143. The molecule has 1 aliphatic rings. The fourth-order valence-electron chi connectivity index (χ4n) is 4.28. The first-order chi connectivity index (χ1) is 13.3. The Hall–Kier alpha value is -3.11. The van der Waals surface area contributed by atoms with Crippen LogP contribution in [0.15, 0.2) is 66.7 Å². The van der Waals surface area contributed by atoms with Crippen LogP contribution < -0.4 is 5.32 Å². The summed E-state index contributed by atoms with van der Waals surface area (Å²) in [6.07, 6.45) is 0.618. The van der Waals surface area contributed by atoms with E-state index in [4.69, 9.17) is 4.74 Å². The van der Waals surface area contributed by atoms with Gasteiger partial charge < -0.3 is 9.72 Å². The van der Waals surface area contributed by atoms with E-state index in [1.54, 1.807) is 0 Å². The van der Waals surface area contributed by atoms with Crippen LogP contribution in [-0.2, 0) is 16.0 Å². The van der Waals surface area contributed by atoms with Crippen molar-refractivity contribution < 1.29 is 9.53 Å². The van der Waals surface area contributed by atoms with Crippen LogP contribution in [0.4, 0.5) is 0 Å². The number of benzene rings is 3. The zero-order valence-corrected chi connectivity index (χ0v) is 15.0. The molecular formula is C23H20N2O2. The van der Waals surface area contributed by atoms with Gasteiger partial charge in [0.05, 0.1) is 13.2 Å². The molecule has 4 nitrogen and oxygen atoms in total. The monoisotopic (exact) mass is 356 g/mol. The van der Waals surface area contributed by atoms with Crippen molar-refractivity contribution in [2.24, 2.45) is 0 Å². The maximum absolute atomic E-state index is 12.4. The minimum absolute atomic E-state index is 0.101. The van der Waals surface area contributed by atoms with Crippen LogP contribution in [0.1, 0.15) is 22.9 Å². The van der Waals surface area contributed by atoms with Gasteiger partial charge in [0.1, 0.15) is 6.04 Å². The van der Waals surface area contributed by atoms with Gasteiger partial charge in [-0.15, -0.1) is 0 Å². The second-order valence-electron chi connectivity index (χ2n) is 7.01. The lowest BCUT2D eigenvalue weighted by Gasteiger charge is -2.31. The van der Waals surface area contributed by atoms with Crippen molar-refractivity contribution in [1.82, 2.24) is 10.3 Å². The fraction of sp³-hybridized carbons (Fsp3) is 0.174. The van der Waals surface area contributed by atoms with E-state index in [1.165, 1.54) is 28.8 Å². The van der Waals surface area contributed by atoms with Gasteiger partial charge in [0.25, 0.3) is 0 Å². The number of rotatable bonds is 2. The molecule has 4 heteroatoms. The smallest absolute Gasteiger partial charge is 0.323 e. The van der Waals surface area contributed by atoms with Gasteiger partial charge in [-0.25, -0.2) is 0 Å². The maximum atomic E-state index is 12.4. The molecule has 0 fully saturated rings. The second kappa shape index (κ2) is 6.25. The molecule has 3 aromatic carbocycles. The van der Waals surface area contributed by atoms with E-state index in [-0.39, 0.29) is 18.1 Å². The molecule has 0 unspecified atom stereocenters. The van der Waals surface area contributed by atoms with E-state index >= 15 is 0 Å². The van der Waals surface area contributed by atoms with Crippen molar-refractivity contribution in [1.29, 1.82) is 0 Å². The molecule has 0 amide bonds. The van der Waals surface area contributed by atoms with Gasteiger partial charge in [-0.3, -0.25) is 10.1 Å². The third kappa shape index (κ3) is 2.53. The summed E-state index contributed by atoms with van der Waals surface area (Å²) in [5.74, 6) is -0.226. The summed E-state index contributed by atoms with van der Waals surface area (Å²) in [6.45, 7) is 0. The molecule has 0 spiro atoms. The Morgan fingerprint density at radius 2 is 1.70 bits per heavy atom. The number of esters is 1. The van der Waals surface area contributed by atoms with E-state index in [9.17, 15) is 4.79 Å². The predicted molar refractivity (Wildman–Crippen MR) is 107 cm³/mol. The van der Waals surface area contributed by atoms with Crippen LogP contribution >= 0.6 is 0 Å². The Morgan fingerprint density at radius 3 is 2.56 bits per heavy atom. The van der Waals surface area contributed by atoms with Crippen molar-refractivity contribution in [3.63, 3.8) is 0 Å². The van der Waals surface area contributed by atoms with Crippen LogP contribution in [0.25, 0.3) is 21.7 Å². The van der Waals surface area contributed by atoms with Crippen LogP contribution in [0.5, 0.6) is 0 Å². The Balaban J connectivity index is 1.75. The summed E-state index contributed by atoms with van der Waals surface area (Å²) in [7, 11) is 1.45. The lowest BCUT2D eigenvalue weighted by Crippen LogP contribution is -2.45. The molecule has 27 heavy (non-hydrogen) atoms. The van der Waals surface area contributed by atoms with Crippen molar-refractivity contribution in [3.8, 4) is 0 Å². The minimum atomic E-state index is -0.370. The number of aromatic nitrogens is 1. The van der Waals surface area contributed by atoms with E-state index in [0.717, 1.165) is 16.8 Å². The molecule has 1 aromatic heterocycles. The standard InChI is InChI=1S/C23H20N2O2/c1-27-23(26)20-13-18-16-10-4-5-12-19(16)24-22(18)21(25-20)17-11-6-8-14-7-2-3-9-15(14)17/h2-12,20-21,24-25H,13H2,1H3/t20-,21-/m1/s1. The second-order valence-corrected chi connectivity index (χ2v) is 7.01. The van der Waals surface area contributed by atoms with E-state index < -0.39 is 0 Å². The molecule has 0 aliphatic carbocycles. The zero-order chi connectivity index (χ0) is 18.4. The molecule has 1 aliphatic heterocycles. The first kappa shape index (κ1) is 16.1. The Labute approximate surface area is 157 Å². The van der Waals surface area contributed by atoms with Crippen LogP contribution in [0, 0.1) is 0 Å². The number of fused-ring (bicyclic) bond motifs is 4. The van der Waals surface area contributed by atoms with Crippen molar-refractivity contribution in [2.45, 2.75) is 18.5 Å². The largest absolute Gasteiger partial charge is 0.468 e. The van der Waals surface area contributed by atoms with Crippen molar-refractivity contribution >= 4 is 27.6 Å². The highest BCUT2D eigenvalue weighted by atomic mass is 16.5. The van der Waals surface area contributed by atoms with Crippen molar-refractivity contribution in [3.05, 3.63) is 83.6 Å². The van der Waals surface area contributed by atoms with Gasteiger partial charge in [0, 0.05) is 23.0 Å². The zero-order valence-electron chi connectivity index (χ0n) is 15.0. The molecule has 0 saturated carbocycles. The molecule has 4 aromatic rings. The van der Waals surface area contributed by atoms with Crippen LogP contribution in [-0.4, -0.2) is 24.1 Å². The van der Waals surface area contributed by atoms with Crippen LogP contribution in [0.2, 0.25) is 0 Å². The number of nitrogens with one attached hydrogen (secondary N) is 2. The topological polar surface area (TPSA) is 54.1 Å². The summed E-state index contributed by atoms with van der Waals surface area (Å²) in [5.41, 5.74) is 4.58. The highest BCUT2D eigenvalue weighted by molar-refractivity contribution is 5.90. The number of para-hydroxylation sites is 1. The van der Waals surface area contributed by atoms with E-state index in [2.05, 4.69) is 58.8 Å². The summed E-state index contributed by atoms with van der Waals surface area (Å²) in [6, 6.07) is 22.5. The summed E-state index contributed by atoms with van der Waals surface area (Å²) in [4.78, 5) is 16.0. The average molecular weight is 356 g/mol. The summed E-state index contributed by atoms with van der Waals surface area (Å²) < 4.78 is 5.05. The van der Waals surface area contributed by atoms with E-state index in [0.29, 0.717) is 6.42 Å². The number of H-pyrrole nitrogens is 1. The number of hydrogen-bond donors (Lipinski definition) is 2. The number of carbonyl (C=O) groups excluding carboxylic acids is 1. The molecular weight excluding hydrogens is 336 g/mol. The molecule has 2 atom stereocenters. The Kier molecular flexibility index (Phi) is 3.73. The lowest BCUT2D eigenvalue weighted by atomic mass is 9.88. The highest BCUT2D eigenvalue weighted by Gasteiger charge is 2.34. The van der Waals surface area contributed by atoms with Crippen molar-refractivity contribution in [2.75, 3.05) is 7.11 Å². The van der Waals surface area contributed by atoms with Gasteiger partial charge in [-0.2, -0.15) is 0 Å². The minimum Gasteiger partial charge on any atom is -0.468 e. The first-order valence-electron chi connectivity index (χ1n) is 9.17. The number of ether oxygens (including phenoxy) is 1. The van der Waals surface area contributed by atoms with Crippen LogP contribution in [0.3, 0.4) is 0 Å². The third-order valence-electron chi connectivity index (χ3n) is 5.53. The average Bonchev–Trinajstić information content (AvgIpc) is 3.11. The van der Waals surface area contributed by atoms with Gasteiger partial charge >= 0.3 is 5.97 Å².